The lowest BCUT2D eigenvalue weighted by Crippen LogP contribution is -2.25. The number of halogens is 2. The SMILES string of the molecule is CC(O)CCCNC(=O)c1ccc(F)cc1Br. The molecule has 3 nitrogen and oxygen atoms in total. The van der Waals surface area contributed by atoms with Crippen LogP contribution in [0.5, 0.6) is 0 Å². The van der Waals surface area contributed by atoms with Crippen molar-refractivity contribution in [1.82, 2.24) is 5.32 Å². The van der Waals surface area contributed by atoms with Crippen LogP contribution in [0.4, 0.5) is 4.39 Å². The van der Waals surface area contributed by atoms with E-state index >= 15 is 0 Å². The summed E-state index contributed by atoms with van der Waals surface area (Å²) in [4.78, 5) is 11.7. The van der Waals surface area contributed by atoms with Crippen LogP contribution in [0.3, 0.4) is 0 Å². The van der Waals surface area contributed by atoms with E-state index < -0.39 is 0 Å². The van der Waals surface area contributed by atoms with Crippen molar-refractivity contribution in [2.45, 2.75) is 25.9 Å². The second kappa shape index (κ2) is 6.71. The van der Waals surface area contributed by atoms with Crippen molar-refractivity contribution < 1.29 is 14.3 Å². The standard InChI is InChI=1S/C12H15BrFNO2/c1-8(16)3-2-6-15-12(17)10-5-4-9(14)7-11(10)13/h4-5,7-8,16H,2-3,6H2,1H3,(H,15,17). The van der Waals surface area contributed by atoms with Gasteiger partial charge in [0.05, 0.1) is 11.7 Å². The Labute approximate surface area is 108 Å². The van der Waals surface area contributed by atoms with Crippen molar-refractivity contribution in [1.29, 1.82) is 0 Å². The van der Waals surface area contributed by atoms with Gasteiger partial charge in [-0.05, 0) is 53.9 Å². The number of hydrogen-bond donors (Lipinski definition) is 2. The first-order valence-electron chi connectivity index (χ1n) is 5.42. The van der Waals surface area contributed by atoms with E-state index in [4.69, 9.17) is 5.11 Å². The number of hydrogen-bond acceptors (Lipinski definition) is 2. The lowest BCUT2D eigenvalue weighted by atomic mass is 10.2. The van der Waals surface area contributed by atoms with Crippen LogP contribution in [0, 0.1) is 5.82 Å². The van der Waals surface area contributed by atoms with Crippen LogP contribution in [0.25, 0.3) is 0 Å². The van der Waals surface area contributed by atoms with Gasteiger partial charge in [0.2, 0.25) is 0 Å². The van der Waals surface area contributed by atoms with Gasteiger partial charge in [-0.15, -0.1) is 0 Å². The molecule has 0 heterocycles. The number of carbonyl (C=O) groups is 1. The largest absolute Gasteiger partial charge is 0.393 e. The minimum absolute atomic E-state index is 0.248. The molecule has 0 spiro atoms. The quantitative estimate of drug-likeness (QED) is 0.821. The molecule has 94 valence electrons. The lowest BCUT2D eigenvalue weighted by molar-refractivity contribution is 0.0949. The van der Waals surface area contributed by atoms with E-state index in [0.29, 0.717) is 29.4 Å². The molecule has 0 aliphatic rings. The second-order valence-corrected chi connectivity index (χ2v) is 4.73. The van der Waals surface area contributed by atoms with Gasteiger partial charge in [0.15, 0.2) is 0 Å². The Hall–Kier alpha value is -0.940. The van der Waals surface area contributed by atoms with Crippen LogP contribution in [0.1, 0.15) is 30.1 Å². The Morgan fingerprint density at radius 2 is 2.29 bits per heavy atom. The highest BCUT2D eigenvalue weighted by molar-refractivity contribution is 9.10. The Kier molecular flexibility index (Phi) is 5.58. The molecule has 2 N–H and O–H groups in total. The minimum atomic E-state index is -0.387. The first-order chi connectivity index (χ1) is 8.00. The van der Waals surface area contributed by atoms with Crippen LogP contribution >= 0.6 is 15.9 Å². The third kappa shape index (κ3) is 4.83. The molecule has 0 aromatic heterocycles. The summed E-state index contributed by atoms with van der Waals surface area (Å²) in [6.45, 7) is 2.20. The van der Waals surface area contributed by atoms with Gasteiger partial charge in [0, 0.05) is 11.0 Å². The molecule has 0 saturated carbocycles. The summed E-state index contributed by atoms with van der Waals surface area (Å²) in [7, 11) is 0. The molecule has 0 aliphatic heterocycles. The van der Waals surface area contributed by atoms with Gasteiger partial charge in [-0.3, -0.25) is 4.79 Å². The Balaban J connectivity index is 2.47. The van der Waals surface area contributed by atoms with Crippen molar-refractivity contribution >= 4 is 21.8 Å². The molecule has 1 aromatic rings. The van der Waals surface area contributed by atoms with E-state index in [9.17, 15) is 9.18 Å². The van der Waals surface area contributed by atoms with Crippen LogP contribution in [-0.2, 0) is 0 Å². The highest BCUT2D eigenvalue weighted by Crippen LogP contribution is 2.17. The Morgan fingerprint density at radius 1 is 1.59 bits per heavy atom. The van der Waals surface area contributed by atoms with E-state index in [1.54, 1.807) is 6.92 Å². The first kappa shape index (κ1) is 14.1. The van der Waals surface area contributed by atoms with Crippen molar-refractivity contribution in [2.75, 3.05) is 6.54 Å². The highest BCUT2D eigenvalue weighted by Gasteiger charge is 2.09. The smallest absolute Gasteiger partial charge is 0.252 e. The van der Waals surface area contributed by atoms with Crippen LogP contribution < -0.4 is 5.32 Å². The summed E-state index contributed by atoms with van der Waals surface area (Å²) in [6.07, 6.45) is 0.997. The lowest BCUT2D eigenvalue weighted by Gasteiger charge is -2.07. The van der Waals surface area contributed by atoms with Gasteiger partial charge in [-0.2, -0.15) is 0 Å². The monoisotopic (exact) mass is 303 g/mol. The number of carbonyl (C=O) groups excluding carboxylic acids is 1. The predicted molar refractivity (Wildman–Crippen MR) is 67.3 cm³/mol. The van der Waals surface area contributed by atoms with Gasteiger partial charge < -0.3 is 10.4 Å². The molecule has 1 rings (SSSR count). The van der Waals surface area contributed by atoms with Crippen LogP contribution in [-0.4, -0.2) is 23.7 Å². The fourth-order valence-electron chi connectivity index (χ4n) is 1.37. The maximum Gasteiger partial charge on any atom is 0.252 e. The average molecular weight is 304 g/mol. The molecule has 0 fully saturated rings. The molecule has 1 atom stereocenters. The molecule has 1 unspecified atom stereocenters. The summed E-state index contributed by atoms with van der Waals surface area (Å²) < 4.78 is 13.3. The Bertz CT molecular complexity index is 396. The third-order valence-electron chi connectivity index (χ3n) is 2.26. The van der Waals surface area contributed by atoms with Gasteiger partial charge >= 0.3 is 0 Å². The van der Waals surface area contributed by atoms with Gasteiger partial charge in [-0.25, -0.2) is 4.39 Å². The fraction of sp³-hybridized carbons (Fsp3) is 0.417. The van der Waals surface area contributed by atoms with E-state index in [1.165, 1.54) is 18.2 Å². The molecule has 1 aromatic carbocycles. The average Bonchev–Trinajstić information content (AvgIpc) is 2.23. The van der Waals surface area contributed by atoms with Gasteiger partial charge in [-0.1, -0.05) is 0 Å². The molecular formula is C12H15BrFNO2. The summed E-state index contributed by atoms with van der Waals surface area (Å²) >= 11 is 3.14. The molecule has 0 radical (unpaired) electrons. The summed E-state index contributed by atoms with van der Waals surface area (Å²) in [6, 6.07) is 3.93. The number of rotatable bonds is 5. The second-order valence-electron chi connectivity index (χ2n) is 3.87. The molecule has 0 saturated heterocycles. The molecule has 17 heavy (non-hydrogen) atoms. The zero-order chi connectivity index (χ0) is 12.8. The summed E-state index contributed by atoms with van der Waals surface area (Å²) in [5.74, 6) is -0.634. The fourth-order valence-corrected chi connectivity index (χ4v) is 1.90. The molecular weight excluding hydrogens is 289 g/mol. The molecule has 0 aliphatic carbocycles. The van der Waals surface area contributed by atoms with Crippen LogP contribution in [0.2, 0.25) is 0 Å². The first-order valence-corrected chi connectivity index (χ1v) is 6.21. The normalized spacial score (nSPS) is 12.2. The summed E-state index contributed by atoms with van der Waals surface area (Å²) in [5, 5.41) is 11.8. The van der Waals surface area contributed by atoms with E-state index in [-0.39, 0.29) is 17.8 Å². The maximum absolute atomic E-state index is 12.8. The van der Waals surface area contributed by atoms with Crippen molar-refractivity contribution in [3.05, 3.63) is 34.1 Å². The highest BCUT2D eigenvalue weighted by atomic mass is 79.9. The number of amides is 1. The third-order valence-corrected chi connectivity index (χ3v) is 2.92. The van der Waals surface area contributed by atoms with E-state index in [0.717, 1.165) is 0 Å². The van der Waals surface area contributed by atoms with Crippen molar-refractivity contribution in [3.8, 4) is 0 Å². The van der Waals surface area contributed by atoms with Gasteiger partial charge in [0.25, 0.3) is 5.91 Å². The van der Waals surface area contributed by atoms with Gasteiger partial charge in [0.1, 0.15) is 5.82 Å². The van der Waals surface area contributed by atoms with E-state index in [2.05, 4.69) is 21.2 Å². The van der Waals surface area contributed by atoms with E-state index in [1.807, 2.05) is 0 Å². The molecule has 5 heteroatoms. The zero-order valence-electron chi connectivity index (χ0n) is 9.54. The number of aliphatic hydroxyl groups excluding tert-OH is 1. The number of nitrogens with one attached hydrogen (secondary N) is 1. The predicted octanol–water partition coefficient (Wildman–Crippen LogP) is 2.48. The molecule has 0 bridgehead atoms. The topological polar surface area (TPSA) is 49.3 Å². The maximum atomic E-state index is 12.8. The number of aliphatic hydroxyl groups is 1. The van der Waals surface area contributed by atoms with Crippen LogP contribution in [0.15, 0.2) is 22.7 Å². The minimum Gasteiger partial charge on any atom is -0.393 e. The number of benzene rings is 1. The van der Waals surface area contributed by atoms with Crippen molar-refractivity contribution in [2.24, 2.45) is 0 Å². The van der Waals surface area contributed by atoms with Crippen molar-refractivity contribution in [3.63, 3.8) is 0 Å². The summed E-state index contributed by atoms with van der Waals surface area (Å²) in [5.41, 5.74) is 0.406. The Morgan fingerprint density at radius 3 is 2.88 bits per heavy atom. The zero-order valence-corrected chi connectivity index (χ0v) is 11.1. The molecule has 1 amide bonds.